The van der Waals surface area contributed by atoms with E-state index >= 15 is 0 Å². The van der Waals surface area contributed by atoms with Gasteiger partial charge in [-0.1, -0.05) is 32.8 Å². The SMILES string of the molecule is CCCC1CC(O)[C@@]2(C)CC[C@@H]3c4ccc(O)cc4CC[C@H]3[C@H]12. The number of aliphatic hydroxyl groups is 1. The van der Waals surface area contributed by atoms with E-state index in [0.29, 0.717) is 23.5 Å². The first-order chi connectivity index (χ1) is 11.0. The maximum absolute atomic E-state index is 10.8. The van der Waals surface area contributed by atoms with Crippen LogP contribution in [0.15, 0.2) is 18.2 Å². The highest BCUT2D eigenvalue weighted by Crippen LogP contribution is 2.63. The summed E-state index contributed by atoms with van der Waals surface area (Å²) in [5.74, 6) is 3.15. The van der Waals surface area contributed by atoms with Crippen molar-refractivity contribution >= 4 is 0 Å². The van der Waals surface area contributed by atoms with Crippen LogP contribution >= 0.6 is 0 Å². The molecule has 0 heterocycles. The monoisotopic (exact) mass is 314 g/mol. The molecule has 2 nitrogen and oxygen atoms in total. The van der Waals surface area contributed by atoms with E-state index in [1.54, 1.807) is 0 Å². The van der Waals surface area contributed by atoms with Crippen LogP contribution in [0.25, 0.3) is 0 Å². The number of hydrogen-bond acceptors (Lipinski definition) is 2. The lowest BCUT2D eigenvalue weighted by molar-refractivity contribution is -0.0304. The number of phenolic OH excluding ortho intramolecular Hbond substituents is 1. The molecule has 1 aromatic rings. The summed E-state index contributed by atoms with van der Waals surface area (Å²) in [4.78, 5) is 0. The van der Waals surface area contributed by atoms with Crippen LogP contribution in [0.2, 0.25) is 0 Å². The van der Waals surface area contributed by atoms with Gasteiger partial charge in [-0.15, -0.1) is 0 Å². The van der Waals surface area contributed by atoms with Gasteiger partial charge >= 0.3 is 0 Å². The Morgan fingerprint density at radius 2 is 2.09 bits per heavy atom. The molecule has 0 bridgehead atoms. The molecule has 2 unspecified atom stereocenters. The van der Waals surface area contributed by atoms with Crippen LogP contribution in [-0.2, 0) is 6.42 Å². The van der Waals surface area contributed by atoms with Gasteiger partial charge in [-0.25, -0.2) is 0 Å². The van der Waals surface area contributed by atoms with Crippen molar-refractivity contribution in [3.8, 4) is 5.75 Å². The lowest BCUT2D eigenvalue weighted by Crippen LogP contribution is -2.45. The van der Waals surface area contributed by atoms with Crippen molar-refractivity contribution in [3.05, 3.63) is 29.3 Å². The Morgan fingerprint density at radius 1 is 1.26 bits per heavy atom. The van der Waals surface area contributed by atoms with Crippen LogP contribution in [0.1, 0.15) is 69.4 Å². The Balaban J connectivity index is 1.70. The van der Waals surface area contributed by atoms with Crippen LogP contribution in [0.5, 0.6) is 5.75 Å². The van der Waals surface area contributed by atoms with E-state index < -0.39 is 0 Å². The molecule has 0 aliphatic heterocycles. The average Bonchev–Trinajstić information content (AvgIpc) is 2.78. The van der Waals surface area contributed by atoms with Crippen LogP contribution in [0.4, 0.5) is 0 Å². The zero-order valence-electron chi connectivity index (χ0n) is 14.5. The Bertz CT molecular complexity index is 596. The number of phenols is 1. The molecule has 2 heteroatoms. The van der Waals surface area contributed by atoms with Crippen molar-refractivity contribution in [2.75, 3.05) is 0 Å². The number of aromatic hydroxyl groups is 1. The summed E-state index contributed by atoms with van der Waals surface area (Å²) in [6.45, 7) is 4.64. The fourth-order valence-electron chi connectivity index (χ4n) is 6.49. The van der Waals surface area contributed by atoms with Crippen molar-refractivity contribution in [1.82, 2.24) is 0 Å². The molecular formula is C21H30O2. The van der Waals surface area contributed by atoms with Gasteiger partial charge in [0.05, 0.1) is 6.10 Å². The van der Waals surface area contributed by atoms with E-state index in [1.807, 2.05) is 12.1 Å². The normalized spacial score (nSPS) is 42.0. The van der Waals surface area contributed by atoms with Crippen molar-refractivity contribution in [2.45, 2.75) is 70.8 Å². The molecule has 126 valence electrons. The minimum Gasteiger partial charge on any atom is -0.508 e. The largest absolute Gasteiger partial charge is 0.508 e. The summed E-state index contributed by atoms with van der Waals surface area (Å²) in [5, 5.41) is 20.6. The van der Waals surface area contributed by atoms with Crippen LogP contribution in [0, 0.1) is 23.2 Å². The summed E-state index contributed by atoms with van der Waals surface area (Å²) in [7, 11) is 0. The summed E-state index contributed by atoms with van der Waals surface area (Å²) in [6, 6.07) is 6.01. The van der Waals surface area contributed by atoms with Gasteiger partial charge in [0, 0.05) is 0 Å². The van der Waals surface area contributed by atoms with Crippen molar-refractivity contribution < 1.29 is 10.2 Å². The first-order valence-electron chi connectivity index (χ1n) is 9.54. The van der Waals surface area contributed by atoms with E-state index in [0.717, 1.165) is 25.2 Å². The van der Waals surface area contributed by atoms with Gasteiger partial charge in [0.1, 0.15) is 5.75 Å². The zero-order valence-corrected chi connectivity index (χ0v) is 14.5. The molecule has 2 saturated carbocycles. The molecule has 0 radical (unpaired) electrons. The second-order valence-electron chi connectivity index (χ2n) is 8.56. The second-order valence-corrected chi connectivity index (χ2v) is 8.56. The summed E-state index contributed by atoms with van der Waals surface area (Å²) in [6.07, 6.45) is 8.08. The van der Waals surface area contributed by atoms with Crippen molar-refractivity contribution in [2.24, 2.45) is 23.2 Å². The second kappa shape index (κ2) is 5.51. The summed E-state index contributed by atoms with van der Waals surface area (Å²) >= 11 is 0. The van der Waals surface area contributed by atoms with E-state index in [9.17, 15) is 10.2 Å². The van der Waals surface area contributed by atoms with E-state index in [1.165, 1.54) is 36.8 Å². The molecule has 1 aromatic carbocycles. The third kappa shape index (κ3) is 2.25. The molecule has 0 amide bonds. The van der Waals surface area contributed by atoms with Gasteiger partial charge < -0.3 is 10.2 Å². The standard InChI is InChI=1S/C21H30O2/c1-3-4-14-12-19(23)21(2)10-9-17-16-8-6-15(22)11-13(16)5-7-18(17)20(14)21/h6,8,11,14,17-20,22-23H,3-5,7,9-10,12H2,1-2H3/t14?,17-,18-,19?,20+,21-/m1/s1. The first-order valence-corrected chi connectivity index (χ1v) is 9.54. The predicted octanol–water partition coefficient (Wildman–Crippen LogP) is 4.64. The van der Waals surface area contributed by atoms with Crippen LogP contribution in [-0.4, -0.2) is 16.3 Å². The number of hydrogen-bond donors (Lipinski definition) is 2. The molecule has 6 atom stereocenters. The molecule has 0 spiro atoms. The lowest BCUT2D eigenvalue weighted by atomic mass is 9.54. The fourth-order valence-corrected chi connectivity index (χ4v) is 6.49. The van der Waals surface area contributed by atoms with E-state index in [4.69, 9.17) is 0 Å². The van der Waals surface area contributed by atoms with Gasteiger partial charge in [-0.3, -0.25) is 0 Å². The number of aliphatic hydroxyl groups excluding tert-OH is 1. The van der Waals surface area contributed by atoms with Gasteiger partial charge in [0.2, 0.25) is 0 Å². The van der Waals surface area contributed by atoms with Crippen LogP contribution < -0.4 is 0 Å². The van der Waals surface area contributed by atoms with Crippen molar-refractivity contribution in [1.29, 1.82) is 0 Å². The van der Waals surface area contributed by atoms with Gasteiger partial charge in [-0.05, 0) is 84.5 Å². The minimum absolute atomic E-state index is 0.105. The van der Waals surface area contributed by atoms with Gasteiger partial charge in [0.25, 0.3) is 0 Å². The summed E-state index contributed by atoms with van der Waals surface area (Å²) < 4.78 is 0. The molecular weight excluding hydrogens is 284 g/mol. The molecule has 0 saturated heterocycles. The predicted molar refractivity (Wildman–Crippen MR) is 92.5 cm³/mol. The zero-order chi connectivity index (χ0) is 16.2. The van der Waals surface area contributed by atoms with Crippen LogP contribution in [0.3, 0.4) is 0 Å². The first kappa shape index (κ1) is 15.5. The highest BCUT2D eigenvalue weighted by Gasteiger charge is 2.57. The topological polar surface area (TPSA) is 40.5 Å². The Kier molecular flexibility index (Phi) is 3.72. The number of fused-ring (bicyclic) bond motifs is 5. The Labute approximate surface area is 139 Å². The molecule has 0 aromatic heterocycles. The fraction of sp³-hybridized carbons (Fsp3) is 0.714. The highest BCUT2D eigenvalue weighted by molar-refractivity contribution is 5.40. The molecule has 3 aliphatic rings. The van der Waals surface area contributed by atoms with Gasteiger partial charge in [0.15, 0.2) is 0 Å². The Hall–Kier alpha value is -1.02. The maximum Gasteiger partial charge on any atom is 0.115 e. The molecule has 23 heavy (non-hydrogen) atoms. The third-order valence-corrected chi connectivity index (χ3v) is 7.46. The molecule has 4 rings (SSSR count). The van der Waals surface area contributed by atoms with Crippen molar-refractivity contribution in [3.63, 3.8) is 0 Å². The number of benzene rings is 1. The molecule has 2 N–H and O–H groups in total. The van der Waals surface area contributed by atoms with Gasteiger partial charge in [-0.2, -0.15) is 0 Å². The highest BCUT2D eigenvalue weighted by atomic mass is 16.3. The smallest absolute Gasteiger partial charge is 0.115 e. The number of aryl methyl sites for hydroxylation is 1. The number of rotatable bonds is 2. The maximum atomic E-state index is 10.8. The molecule has 3 aliphatic carbocycles. The third-order valence-electron chi connectivity index (χ3n) is 7.46. The average molecular weight is 314 g/mol. The lowest BCUT2D eigenvalue weighted by Gasteiger charge is -2.51. The molecule has 2 fully saturated rings. The van der Waals surface area contributed by atoms with E-state index in [2.05, 4.69) is 19.9 Å². The summed E-state index contributed by atoms with van der Waals surface area (Å²) in [5.41, 5.74) is 2.98. The quantitative estimate of drug-likeness (QED) is 0.835. The van der Waals surface area contributed by atoms with E-state index in [-0.39, 0.29) is 11.5 Å². The Morgan fingerprint density at radius 3 is 2.87 bits per heavy atom. The minimum atomic E-state index is -0.105.